The fourth-order valence-electron chi connectivity index (χ4n) is 3.80. The lowest BCUT2D eigenvalue weighted by Gasteiger charge is -2.37. The Kier molecular flexibility index (Phi) is 6.21. The minimum Gasteiger partial charge on any atom is -0.350 e. The Hall–Kier alpha value is -1.57. The summed E-state index contributed by atoms with van der Waals surface area (Å²) in [6.45, 7) is 5.52. The summed E-state index contributed by atoms with van der Waals surface area (Å²) in [7, 11) is 0. The van der Waals surface area contributed by atoms with Gasteiger partial charge in [0.1, 0.15) is 11.4 Å². The topological polar surface area (TPSA) is 88.3 Å². The molecular weight excluding hydrogens is 352 g/mol. The van der Waals surface area contributed by atoms with Crippen LogP contribution in [0.5, 0.6) is 0 Å². The van der Waals surface area contributed by atoms with E-state index in [0.29, 0.717) is 23.7 Å². The van der Waals surface area contributed by atoms with E-state index in [1.54, 1.807) is 6.92 Å². The number of piperidine rings is 1. The summed E-state index contributed by atoms with van der Waals surface area (Å²) in [6, 6.07) is 0. The second-order valence-electron chi connectivity index (χ2n) is 7.28. The number of carbonyl (C=O) groups excluding carboxylic acids is 2. The Bertz CT molecular complexity index is 636. The van der Waals surface area contributed by atoms with E-state index in [0.717, 1.165) is 50.3 Å². The lowest BCUT2D eigenvalue weighted by atomic mass is 9.87. The molecule has 0 unspecified atom stereocenters. The Morgan fingerprint density at radius 2 is 2.04 bits per heavy atom. The second kappa shape index (κ2) is 8.41. The first kappa shape index (κ1) is 19.2. The molecule has 3 rings (SSSR count). The lowest BCUT2D eigenvalue weighted by Crippen LogP contribution is -2.48. The van der Waals surface area contributed by atoms with Crippen molar-refractivity contribution >= 4 is 23.6 Å². The summed E-state index contributed by atoms with van der Waals surface area (Å²) in [6.07, 6.45) is 4.84. The van der Waals surface area contributed by atoms with Crippen molar-refractivity contribution in [3.63, 3.8) is 0 Å². The first-order valence-electron chi connectivity index (χ1n) is 9.48. The van der Waals surface area contributed by atoms with Crippen LogP contribution in [-0.4, -0.2) is 57.2 Å². The van der Waals surface area contributed by atoms with Gasteiger partial charge in [0.05, 0.1) is 6.42 Å². The third kappa shape index (κ3) is 4.58. The molecule has 2 fully saturated rings. The van der Waals surface area contributed by atoms with E-state index in [2.05, 4.69) is 27.2 Å². The molecule has 0 radical (unpaired) electrons. The minimum atomic E-state index is -0.0741. The predicted octanol–water partition coefficient (Wildman–Crippen LogP) is 1.95. The zero-order chi connectivity index (χ0) is 18.6. The highest BCUT2D eigenvalue weighted by Crippen LogP contribution is 2.46. The molecular formula is C18H28N4O3S. The van der Waals surface area contributed by atoms with Crippen molar-refractivity contribution in [1.29, 1.82) is 0 Å². The van der Waals surface area contributed by atoms with Crippen LogP contribution >= 0.6 is 11.8 Å². The summed E-state index contributed by atoms with van der Waals surface area (Å²) < 4.78 is 4.66. The van der Waals surface area contributed by atoms with Crippen molar-refractivity contribution < 1.29 is 14.2 Å². The van der Waals surface area contributed by atoms with Crippen molar-refractivity contribution in [2.75, 3.05) is 24.6 Å². The molecule has 144 valence electrons. The number of aromatic nitrogens is 2. The lowest BCUT2D eigenvalue weighted by molar-refractivity contribution is -0.132. The molecule has 1 aromatic rings. The second-order valence-corrected chi connectivity index (χ2v) is 8.67. The molecule has 1 saturated carbocycles. The van der Waals surface area contributed by atoms with E-state index in [1.165, 1.54) is 0 Å². The monoisotopic (exact) mass is 380 g/mol. The van der Waals surface area contributed by atoms with Gasteiger partial charge in [0.15, 0.2) is 0 Å². The zero-order valence-electron chi connectivity index (χ0n) is 15.6. The molecule has 1 N–H and O–H groups in total. The Labute approximate surface area is 158 Å². The predicted molar refractivity (Wildman–Crippen MR) is 99.8 cm³/mol. The number of amides is 2. The average molecular weight is 381 g/mol. The van der Waals surface area contributed by atoms with Gasteiger partial charge in [0.25, 0.3) is 0 Å². The zero-order valence-corrected chi connectivity index (χ0v) is 16.4. The van der Waals surface area contributed by atoms with Gasteiger partial charge < -0.3 is 10.2 Å². The van der Waals surface area contributed by atoms with Crippen molar-refractivity contribution in [1.82, 2.24) is 20.5 Å². The van der Waals surface area contributed by atoms with Gasteiger partial charge in [-0.2, -0.15) is 11.8 Å². The maximum Gasteiger partial charge on any atom is 0.226 e. The molecule has 1 aliphatic carbocycles. The average Bonchev–Trinajstić information content (AvgIpc) is 3.31. The van der Waals surface area contributed by atoms with Crippen molar-refractivity contribution in [3.05, 3.63) is 11.4 Å². The van der Waals surface area contributed by atoms with Gasteiger partial charge in [-0.15, -0.1) is 0 Å². The van der Waals surface area contributed by atoms with Crippen LogP contribution in [0.1, 0.15) is 50.4 Å². The van der Waals surface area contributed by atoms with Crippen LogP contribution < -0.4 is 5.32 Å². The number of carbonyl (C=O) groups is 2. The van der Waals surface area contributed by atoms with Crippen LogP contribution in [0.3, 0.4) is 0 Å². The molecule has 26 heavy (non-hydrogen) atoms. The molecule has 2 aliphatic rings. The Morgan fingerprint density at radius 3 is 2.62 bits per heavy atom. The van der Waals surface area contributed by atoms with Crippen molar-refractivity contribution in [3.8, 4) is 0 Å². The highest BCUT2D eigenvalue weighted by atomic mass is 32.2. The molecule has 0 spiro atoms. The van der Waals surface area contributed by atoms with E-state index in [9.17, 15) is 9.59 Å². The number of hydrogen-bond acceptors (Lipinski definition) is 6. The fraction of sp³-hybridized carbons (Fsp3) is 0.778. The molecule has 2 heterocycles. The molecule has 1 saturated heterocycles. The van der Waals surface area contributed by atoms with Gasteiger partial charge in [0.2, 0.25) is 11.8 Å². The summed E-state index contributed by atoms with van der Waals surface area (Å²) in [4.78, 5) is 26.6. The number of rotatable bonds is 8. The van der Waals surface area contributed by atoms with Gasteiger partial charge in [-0.3, -0.25) is 9.59 Å². The smallest absolute Gasteiger partial charge is 0.226 e. The number of aryl methyl sites for hydroxylation is 1. The third-order valence-corrected chi connectivity index (χ3v) is 6.45. The molecule has 0 aromatic carbocycles. The van der Waals surface area contributed by atoms with Gasteiger partial charge in [-0.05, 0) is 44.3 Å². The summed E-state index contributed by atoms with van der Waals surface area (Å²) >= 11 is 1.81. The number of hydrogen-bond donors (Lipinski definition) is 1. The van der Waals surface area contributed by atoms with Gasteiger partial charge in [-0.25, -0.2) is 4.63 Å². The van der Waals surface area contributed by atoms with Crippen LogP contribution in [-0.2, 0) is 16.0 Å². The highest BCUT2D eigenvalue weighted by molar-refractivity contribution is 7.99. The van der Waals surface area contributed by atoms with Gasteiger partial charge in [-0.1, -0.05) is 17.2 Å². The molecule has 0 atom stereocenters. The highest BCUT2D eigenvalue weighted by Gasteiger charge is 2.51. The van der Waals surface area contributed by atoms with Crippen molar-refractivity contribution in [2.45, 2.75) is 57.9 Å². The molecule has 8 heteroatoms. The third-order valence-electron chi connectivity index (χ3n) is 5.54. The molecule has 0 bridgehead atoms. The summed E-state index contributed by atoms with van der Waals surface area (Å²) in [5.74, 6) is 2.67. The van der Waals surface area contributed by atoms with Crippen LogP contribution in [0.15, 0.2) is 4.63 Å². The van der Waals surface area contributed by atoms with E-state index >= 15 is 0 Å². The van der Waals surface area contributed by atoms with Gasteiger partial charge in [0, 0.05) is 30.8 Å². The van der Waals surface area contributed by atoms with E-state index in [-0.39, 0.29) is 23.8 Å². The van der Waals surface area contributed by atoms with Crippen LogP contribution in [0.2, 0.25) is 0 Å². The van der Waals surface area contributed by atoms with E-state index < -0.39 is 0 Å². The Balaban J connectivity index is 1.45. The van der Waals surface area contributed by atoms with Crippen molar-refractivity contribution in [2.24, 2.45) is 5.92 Å². The quantitative estimate of drug-likeness (QED) is 0.694. The minimum absolute atomic E-state index is 0.0172. The molecule has 1 aromatic heterocycles. The standard InChI is InChI=1S/C18H28N4O3S/c1-3-26-11-6-17(24)22-9-4-14(5-10-22)18(7-8-18)19-16(23)12-15-13(2)20-25-21-15/h14H,3-12H2,1-2H3,(H,19,23). The number of nitrogens with zero attached hydrogens (tertiary/aromatic N) is 3. The maximum absolute atomic E-state index is 12.4. The fourth-order valence-corrected chi connectivity index (χ4v) is 4.40. The van der Waals surface area contributed by atoms with Crippen LogP contribution in [0.25, 0.3) is 0 Å². The first-order valence-corrected chi connectivity index (χ1v) is 10.6. The molecule has 2 amide bonds. The van der Waals surface area contributed by atoms with E-state index in [4.69, 9.17) is 0 Å². The van der Waals surface area contributed by atoms with Gasteiger partial charge >= 0.3 is 0 Å². The number of thioether (sulfide) groups is 1. The first-order chi connectivity index (χ1) is 12.5. The SMILES string of the molecule is CCSCCC(=O)N1CCC(C2(NC(=O)Cc3nonc3C)CC2)CC1. The number of likely N-dealkylation sites (tertiary alicyclic amines) is 1. The number of nitrogens with one attached hydrogen (secondary N) is 1. The van der Waals surface area contributed by atoms with Crippen LogP contribution in [0, 0.1) is 12.8 Å². The van der Waals surface area contributed by atoms with Crippen LogP contribution in [0.4, 0.5) is 0 Å². The normalized spacial score (nSPS) is 19.4. The summed E-state index contributed by atoms with van der Waals surface area (Å²) in [5, 5.41) is 10.7. The Morgan fingerprint density at radius 1 is 1.31 bits per heavy atom. The van der Waals surface area contributed by atoms with E-state index in [1.807, 2.05) is 16.7 Å². The largest absolute Gasteiger partial charge is 0.350 e. The maximum atomic E-state index is 12.4. The molecule has 7 nitrogen and oxygen atoms in total. The molecule has 1 aliphatic heterocycles. The summed E-state index contributed by atoms with van der Waals surface area (Å²) in [5.41, 5.74) is 1.19.